The number of rotatable bonds is 6. The van der Waals surface area contributed by atoms with Crippen LogP contribution in [0.15, 0.2) is 59.6 Å². The highest BCUT2D eigenvalue weighted by Crippen LogP contribution is 2.39. The van der Waals surface area contributed by atoms with E-state index < -0.39 is 9.84 Å². The van der Waals surface area contributed by atoms with Crippen LogP contribution < -0.4 is 0 Å². The van der Waals surface area contributed by atoms with E-state index in [2.05, 4.69) is 4.99 Å². The summed E-state index contributed by atoms with van der Waals surface area (Å²) in [7, 11) is -3.10. The molecule has 2 aliphatic rings. The standard InChI is InChI=1S/C22H23FN2O3S2/c23-18-11-9-17(10-12-18)13-25-19-14-30(27,28)15-20(19)29-22(25)24-21(26)8-4-7-16-5-2-1-3-6-16/h1-3,5-6,9-12,19-20H,4,7-8,13-15H2/t19-,20-/m0/s1. The van der Waals surface area contributed by atoms with Gasteiger partial charge in [-0.3, -0.25) is 4.79 Å². The predicted molar refractivity (Wildman–Crippen MR) is 118 cm³/mol. The number of thioether (sulfide) groups is 1. The lowest BCUT2D eigenvalue weighted by Gasteiger charge is -2.24. The Balaban J connectivity index is 1.45. The number of hydrogen-bond acceptors (Lipinski definition) is 4. The number of benzene rings is 2. The van der Waals surface area contributed by atoms with Gasteiger partial charge in [0.25, 0.3) is 0 Å². The number of sulfone groups is 1. The minimum Gasteiger partial charge on any atom is -0.342 e. The minimum absolute atomic E-state index is 0.0626. The van der Waals surface area contributed by atoms with Crippen LogP contribution in [0, 0.1) is 5.82 Å². The summed E-state index contributed by atoms with van der Waals surface area (Å²) in [6, 6.07) is 15.9. The van der Waals surface area contributed by atoms with Crippen molar-refractivity contribution in [1.82, 2.24) is 4.90 Å². The van der Waals surface area contributed by atoms with E-state index in [1.807, 2.05) is 35.2 Å². The molecular formula is C22H23FN2O3S2. The number of amides is 1. The number of hydrogen-bond donors (Lipinski definition) is 0. The number of carbonyl (C=O) groups excluding carboxylic acids is 1. The van der Waals surface area contributed by atoms with E-state index in [9.17, 15) is 17.6 Å². The number of amidine groups is 1. The van der Waals surface area contributed by atoms with Crippen molar-refractivity contribution in [3.8, 4) is 0 Å². The molecule has 2 aromatic rings. The van der Waals surface area contributed by atoms with Gasteiger partial charge in [0.15, 0.2) is 15.0 Å². The number of nitrogens with zero attached hydrogens (tertiary/aromatic N) is 2. The first kappa shape index (κ1) is 21.1. The Morgan fingerprint density at radius 3 is 2.53 bits per heavy atom. The van der Waals surface area contributed by atoms with Crippen LogP contribution >= 0.6 is 11.8 Å². The summed E-state index contributed by atoms with van der Waals surface area (Å²) < 4.78 is 37.4. The topological polar surface area (TPSA) is 66.8 Å². The molecule has 0 N–H and O–H groups in total. The van der Waals surface area contributed by atoms with Gasteiger partial charge in [-0.15, -0.1) is 0 Å². The summed E-state index contributed by atoms with van der Waals surface area (Å²) in [6.07, 6.45) is 1.87. The lowest BCUT2D eigenvalue weighted by atomic mass is 10.1. The lowest BCUT2D eigenvalue weighted by molar-refractivity contribution is -0.117. The average Bonchev–Trinajstić information content (AvgIpc) is 3.16. The summed E-state index contributed by atoms with van der Waals surface area (Å²) in [5.41, 5.74) is 2.04. The SMILES string of the molecule is O=C(CCCc1ccccc1)N=C1S[C@H]2CS(=O)(=O)C[C@@H]2N1Cc1ccc(F)cc1. The molecule has 0 bridgehead atoms. The molecule has 0 radical (unpaired) electrons. The summed E-state index contributed by atoms with van der Waals surface area (Å²) in [4.78, 5) is 18.7. The summed E-state index contributed by atoms with van der Waals surface area (Å²) >= 11 is 1.37. The molecule has 2 heterocycles. The summed E-state index contributed by atoms with van der Waals surface area (Å²) in [6.45, 7) is 0.403. The van der Waals surface area contributed by atoms with Crippen molar-refractivity contribution >= 4 is 32.7 Å². The van der Waals surface area contributed by atoms with Gasteiger partial charge in [0.05, 0.1) is 17.5 Å². The Morgan fingerprint density at radius 2 is 1.80 bits per heavy atom. The maximum Gasteiger partial charge on any atom is 0.248 e. The van der Waals surface area contributed by atoms with Crippen molar-refractivity contribution in [1.29, 1.82) is 0 Å². The molecule has 0 aliphatic carbocycles. The summed E-state index contributed by atoms with van der Waals surface area (Å²) in [5.74, 6) is -0.352. The van der Waals surface area contributed by atoms with E-state index >= 15 is 0 Å². The van der Waals surface area contributed by atoms with E-state index in [-0.39, 0.29) is 34.5 Å². The van der Waals surface area contributed by atoms with Crippen molar-refractivity contribution < 1.29 is 17.6 Å². The van der Waals surface area contributed by atoms with Gasteiger partial charge in [-0.1, -0.05) is 54.2 Å². The molecule has 2 fully saturated rings. The molecule has 0 spiro atoms. The second-order valence-corrected chi connectivity index (χ2v) is 11.0. The van der Waals surface area contributed by atoms with Gasteiger partial charge in [-0.25, -0.2) is 12.8 Å². The van der Waals surface area contributed by atoms with Gasteiger partial charge >= 0.3 is 0 Å². The van der Waals surface area contributed by atoms with Crippen molar-refractivity contribution in [3.63, 3.8) is 0 Å². The zero-order valence-electron chi connectivity index (χ0n) is 16.4. The average molecular weight is 447 g/mol. The number of halogens is 1. The highest BCUT2D eigenvalue weighted by molar-refractivity contribution is 8.15. The van der Waals surface area contributed by atoms with Crippen LogP contribution in [0.2, 0.25) is 0 Å². The molecule has 2 saturated heterocycles. The first-order chi connectivity index (χ1) is 14.4. The normalized spacial score (nSPS) is 23.6. The molecule has 2 atom stereocenters. The molecule has 5 nitrogen and oxygen atoms in total. The van der Waals surface area contributed by atoms with Crippen LogP contribution in [-0.4, -0.2) is 47.2 Å². The Hall–Kier alpha value is -2.19. The van der Waals surface area contributed by atoms with Crippen LogP contribution in [0.4, 0.5) is 4.39 Å². The molecule has 2 aromatic carbocycles. The number of aryl methyl sites for hydroxylation is 1. The number of aliphatic imine (C=N–C) groups is 1. The van der Waals surface area contributed by atoms with Crippen LogP contribution in [0.3, 0.4) is 0 Å². The highest BCUT2D eigenvalue weighted by Gasteiger charge is 2.48. The van der Waals surface area contributed by atoms with E-state index in [0.717, 1.165) is 12.0 Å². The van der Waals surface area contributed by atoms with Crippen molar-refractivity contribution in [2.75, 3.05) is 11.5 Å². The molecular weight excluding hydrogens is 423 g/mol. The highest BCUT2D eigenvalue weighted by atomic mass is 32.2. The molecule has 0 saturated carbocycles. The third-order valence-corrected chi connectivity index (χ3v) is 8.61. The van der Waals surface area contributed by atoms with E-state index in [4.69, 9.17) is 0 Å². The first-order valence-electron chi connectivity index (χ1n) is 9.93. The van der Waals surface area contributed by atoms with Crippen molar-refractivity contribution in [2.24, 2.45) is 4.99 Å². The van der Waals surface area contributed by atoms with Crippen LogP contribution in [0.5, 0.6) is 0 Å². The summed E-state index contributed by atoms with van der Waals surface area (Å²) in [5, 5.41) is 0.459. The maximum absolute atomic E-state index is 13.2. The molecule has 158 valence electrons. The quantitative estimate of drug-likeness (QED) is 0.680. The first-order valence-corrected chi connectivity index (χ1v) is 12.6. The number of fused-ring (bicyclic) bond motifs is 1. The fourth-order valence-electron chi connectivity index (χ4n) is 3.86. The van der Waals surface area contributed by atoms with E-state index in [0.29, 0.717) is 24.6 Å². The second-order valence-electron chi connectivity index (χ2n) is 7.68. The minimum atomic E-state index is -3.10. The molecule has 30 heavy (non-hydrogen) atoms. The van der Waals surface area contributed by atoms with Crippen LogP contribution in [-0.2, 0) is 27.6 Å². The fourth-order valence-corrected chi connectivity index (χ4v) is 7.83. The Bertz CT molecular complexity index is 1040. The third-order valence-electron chi connectivity index (χ3n) is 5.36. The van der Waals surface area contributed by atoms with Crippen LogP contribution in [0.25, 0.3) is 0 Å². The third kappa shape index (κ3) is 5.10. The molecule has 0 aromatic heterocycles. The van der Waals surface area contributed by atoms with E-state index in [1.165, 1.54) is 29.5 Å². The second kappa shape index (κ2) is 8.89. The monoisotopic (exact) mass is 446 g/mol. The van der Waals surface area contributed by atoms with Gasteiger partial charge in [0.2, 0.25) is 5.91 Å². The van der Waals surface area contributed by atoms with Crippen LogP contribution in [0.1, 0.15) is 24.0 Å². The zero-order valence-corrected chi connectivity index (χ0v) is 18.0. The Labute approximate surface area is 180 Å². The van der Waals surface area contributed by atoms with Crippen molar-refractivity contribution in [3.05, 3.63) is 71.5 Å². The molecule has 1 amide bonds. The zero-order chi connectivity index (χ0) is 21.1. The van der Waals surface area contributed by atoms with Gasteiger partial charge in [-0.05, 0) is 36.1 Å². The Kier molecular flexibility index (Phi) is 6.24. The van der Waals surface area contributed by atoms with Gasteiger partial charge in [0.1, 0.15) is 5.82 Å². The predicted octanol–water partition coefficient (Wildman–Crippen LogP) is 3.45. The maximum atomic E-state index is 13.2. The lowest BCUT2D eigenvalue weighted by Crippen LogP contribution is -2.37. The molecule has 8 heteroatoms. The molecule has 4 rings (SSSR count). The largest absolute Gasteiger partial charge is 0.342 e. The smallest absolute Gasteiger partial charge is 0.248 e. The van der Waals surface area contributed by atoms with Gasteiger partial charge in [-0.2, -0.15) is 4.99 Å². The van der Waals surface area contributed by atoms with E-state index in [1.54, 1.807) is 12.1 Å². The Morgan fingerprint density at radius 1 is 1.07 bits per heavy atom. The van der Waals surface area contributed by atoms with Gasteiger partial charge in [0, 0.05) is 18.2 Å². The molecule has 0 unspecified atom stereocenters. The van der Waals surface area contributed by atoms with Gasteiger partial charge < -0.3 is 4.90 Å². The fraction of sp³-hybridized carbons (Fsp3) is 0.364. The van der Waals surface area contributed by atoms with Crippen molar-refractivity contribution in [2.45, 2.75) is 37.1 Å². The molecule has 2 aliphatic heterocycles. The number of carbonyl (C=O) groups is 1.